The number of aliphatic hydroxyl groups excluding tert-OH is 1. The summed E-state index contributed by atoms with van der Waals surface area (Å²) < 4.78 is 1.82. The van der Waals surface area contributed by atoms with Crippen molar-refractivity contribution in [3.8, 4) is 5.69 Å². The molecule has 0 fully saturated rings. The lowest BCUT2D eigenvalue weighted by Crippen LogP contribution is -2.08. The molecule has 2 aromatic rings. The van der Waals surface area contributed by atoms with Gasteiger partial charge in [-0.1, -0.05) is 6.07 Å². The Hall–Kier alpha value is -2.21. The summed E-state index contributed by atoms with van der Waals surface area (Å²) in [6, 6.07) is 4.86. The van der Waals surface area contributed by atoms with E-state index >= 15 is 0 Å². The number of nitrogens with zero attached hydrogens (tertiary/aromatic N) is 3. The maximum atomic E-state index is 11.4. The standard InChI is InChI=1S/C15H17N3O3/c1-10(19)11-6-7-14(15(8-11)18(20)21)17-9-16-12-4-2-3-5-13(12)17/h6-10,19H,2-5H2,1H3. The molecule has 1 aliphatic rings. The molecule has 1 aliphatic carbocycles. The maximum absolute atomic E-state index is 11.4. The van der Waals surface area contributed by atoms with E-state index < -0.39 is 11.0 Å². The first kappa shape index (κ1) is 13.8. The molecule has 1 unspecified atom stereocenters. The zero-order chi connectivity index (χ0) is 15.0. The van der Waals surface area contributed by atoms with E-state index in [0.29, 0.717) is 11.3 Å². The number of nitro benzene ring substituents is 1. The van der Waals surface area contributed by atoms with Gasteiger partial charge >= 0.3 is 0 Å². The van der Waals surface area contributed by atoms with Crippen LogP contribution >= 0.6 is 0 Å². The second kappa shape index (κ2) is 5.29. The largest absolute Gasteiger partial charge is 0.389 e. The highest BCUT2D eigenvalue weighted by atomic mass is 16.6. The molecule has 1 aromatic carbocycles. The normalized spacial score (nSPS) is 15.5. The second-order valence-electron chi connectivity index (χ2n) is 5.40. The molecule has 0 saturated heterocycles. The van der Waals surface area contributed by atoms with E-state index in [1.165, 1.54) is 6.07 Å². The Balaban J connectivity index is 2.14. The number of benzene rings is 1. The quantitative estimate of drug-likeness (QED) is 0.695. The molecule has 0 saturated carbocycles. The van der Waals surface area contributed by atoms with Crippen molar-refractivity contribution in [3.05, 3.63) is 51.6 Å². The van der Waals surface area contributed by atoms with Crippen molar-refractivity contribution in [1.29, 1.82) is 0 Å². The molecule has 21 heavy (non-hydrogen) atoms. The van der Waals surface area contributed by atoms with Crippen molar-refractivity contribution in [1.82, 2.24) is 9.55 Å². The fraction of sp³-hybridized carbons (Fsp3) is 0.400. The van der Waals surface area contributed by atoms with Crippen molar-refractivity contribution in [2.45, 2.75) is 38.7 Å². The number of hydrogen-bond donors (Lipinski definition) is 1. The van der Waals surface area contributed by atoms with Crippen molar-refractivity contribution in [3.63, 3.8) is 0 Å². The predicted octanol–water partition coefficient (Wildman–Crippen LogP) is 2.71. The van der Waals surface area contributed by atoms with E-state index in [9.17, 15) is 15.2 Å². The van der Waals surface area contributed by atoms with Crippen LogP contribution in [0, 0.1) is 10.1 Å². The van der Waals surface area contributed by atoms with Gasteiger partial charge in [0.15, 0.2) is 0 Å². The van der Waals surface area contributed by atoms with Crippen LogP contribution in [-0.2, 0) is 12.8 Å². The van der Waals surface area contributed by atoms with Gasteiger partial charge in [0.1, 0.15) is 5.69 Å². The van der Waals surface area contributed by atoms with E-state index in [2.05, 4.69) is 4.98 Å². The van der Waals surface area contributed by atoms with Crippen molar-refractivity contribution in [2.75, 3.05) is 0 Å². The van der Waals surface area contributed by atoms with Crippen LogP contribution in [0.25, 0.3) is 5.69 Å². The third-order valence-electron chi connectivity index (χ3n) is 3.97. The van der Waals surface area contributed by atoms with Gasteiger partial charge in [-0.2, -0.15) is 0 Å². The van der Waals surface area contributed by atoms with Crippen LogP contribution < -0.4 is 0 Å². The monoisotopic (exact) mass is 287 g/mol. The van der Waals surface area contributed by atoms with E-state index in [0.717, 1.165) is 37.1 Å². The van der Waals surface area contributed by atoms with Crippen LogP contribution in [0.5, 0.6) is 0 Å². The summed E-state index contributed by atoms with van der Waals surface area (Å²) in [5, 5.41) is 21.0. The summed E-state index contributed by atoms with van der Waals surface area (Å²) in [5.74, 6) is 0. The minimum absolute atomic E-state index is 0.000765. The molecule has 6 nitrogen and oxygen atoms in total. The van der Waals surface area contributed by atoms with Gasteiger partial charge in [0.05, 0.1) is 23.0 Å². The minimum Gasteiger partial charge on any atom is -0.389 e. The second-order valence-corrected chi connectivity index (χ2v) is 5.40. The predicted molar refractivity (Wildman–Crippen MR) is 77.5 cm³/mol. The van der Waals surface area contributed by atoms with Crippen LogP contribution in [0.3, 0.4) is 0 Å². The zero-order valence-electron chi connectivity index (χ0n) is 11.8. The molecule has 1 heterocycles. The fourth-order valence-electron chi connectivity index (χ4n) is 2.83. The molecule has 1 N–H and O–H groups in total. The summed E-state index contributed by atoms with van der Waals surface area (Å²) in [6.07, 6.45) is 4.97. The molecule has 1 atom stereocenters. The molecule has 0 radical (unpaired) electrons. The smallest absolute Gasteiger partial charge is 0.293 e. The first-order chi connectivity index (χ1) is 10.1. The number of aliphatic hydroxyl groups is 1. The Morgan fingerprint density at radius 2 is 2.14 bits per heavy atom. The van der Waals surface area contributed by atoms with Gasteiger partial charge in [0.25, 0.3) is 5.69 Å². The lowest BCUT2D eigenvalue weighted by atomic mass is 10.0. The van der Waals surface area contributed by atoms with Crippen LogP contribution in [0.15, 0.2) is 24.5 Å². The Labute approximate surface area is 122 Å². The highest BCUT2D eigenvalue weighted by Gasteiger charge is 2.22. The Kier molecular flexibility index (Phi) is 3.47. The van der Waals surface area contributed by atoms with Gasteiger partial charge < -0.3 is 5.11 Å². The van der Waals surface area contributed by atoms with Gasteiger partial charge in [0, 0.05) is 11.8 Å². The molecular formula is C15H17N3O3. The third kappa shape index (κ3) is 2.42. The number of fused-ring (bicyclic) bond motifs is 1. The molecule has 3 rings (SSSR count). The van der Waals surface area contributed by atoms with Gasteiger partial charge in [0.2, 0.25) is 0 Å². The lowest BCUT2D eigenvalue weighted by Gasteiger charge is -2.15. The van der Waals surface area contributed by atoms with Crippen LogP contribution in [0.1, 0.15) is 42.8 Å². The fourth-order valence-corrected chi connectivity index (χ4v) is 2.83. The number of imidazole rings is 1. The van der Waals surface area contributed by atoms with Crippen LogP contribution in [-0.4, -0.2) is 19.6 Å². The summed E-state index contributed by atoms with van der Waals surface area (Å²) in [6.45, 7) is 1.60. The van der Waals surface area contributed by atoms with E-state index in [1.807, 2.05) is 4.57 Å². The average Bonchev–Trinajstić information content (AvgIpc) is 2.90. The molecular weight excluding hydrogens is 270 g/mol. The number of rotatable bonds is 3. The Morgan fingerprint density at radius 1 is 1.38 bits per heavy atom. The summed E-state index contributed by atoms with van der Waals surface area (Å²) in [7, 11) is 0. The maximum Gasteiger partial charge on any atom is 0.293 e. The number of aromatic nitrogens is 2. The van der Waals surface area contributed by atoms with Gasteiger partial charge in [-0.3, -0.25) is 14.7 Å². The van der Waals surface area contributed by atoms with Gasteiger partial charge in [-0.05, 0) is 44.2 Å². The van der Waals surface area contributed by atoms with E-state index in [-0.39, 0.29) is 5.69 Å². The number of aryl methyl sites for hydroxylation is 1. The van der Waals surface area contributed by atoms with Crippen molar-refractivity contribution < 1.29 is 10.0 Å². The summed E-state index contributed by atoms with van der Waals surface area (Å²) in [5.41, 5.74) is 3.16. The summed E-state index contributed by atoms with van der Waals surface area (Å²) >= 11 is 0. The molecule has 0 amide bonds. The first-order valence-electron chi connectivity index (χ1n) is 7.10. The first-order valence-corrected chi connectivity index (χ1v) is 7.10. The highest BCUT2D eigenvalue weighted by Crippen LogP contribution is 2.30. The molecule has 0 aliphatic heterocycles. The lowest BCUT2D eigenvalue weighted by molar-refractivity contribution is -0.384. The number of hydrogen-bond acceptors (Lipinski definition) is 4. The molecule has 0 spiro atoms. The van der Waals surface area contributed by atoms with Gasteiger partial charge in [-0.15, -0.1) is 0 Å². The van der Waals surface area contributed by atoms with E-state index in [1.54, 1.807) is 25.4 Å². The molecule has 0 bridgehead atoms. The SMILES string of the molecule is CC(O)c1ccc(-n2cnc3c2CCCC3)c([N+](=O)[O-])c1. The topological polar surface area (TPSA) is 81.2 Å². The highest BCUT2D eigenvalue weighted by molar-refractivity contribution is 5.55. The average molecular weight is 287 g/mol. The summed E-state index contributed by atoms with van der Waals surface area (Å²) in [4.78, 5) is 15.3. The Morgan fingerprint density at radius 3 is 2.86 bits per heavy atom. The molecule has 110 valence electrons. The Bertz CT molecular complexity index is 691. The zero-order valence-corrected chi connectivity index (χ0v) is 11.8. The third-order valence-corrected chi connectivity index (χ3v) is 3.97. The minimum atomic E-state index is -0.727. The molecule has 6 heteroatoms. The van der Waals surface area contributed by atoms with Crippen LogP contribution in [0.2, 0.25) is 0 Å². The van der Waals surface area contributed by atoms with Crippen molar-refractivity contribution >= 4 is 5.69 Å². The van der Waals surface area contributed by atoms with Crippen LogP contribution in [0.4, 0.5) is 5.69 Å². The van der Waals surface area contributed by atoms with E-state index in [4.69, 9.17) is 0 Å². The number of nitro groups is 1. The van der Waals surface area contributed by atoms with Gasteiger partial charge in [-0.25, -0.2) is 4.98 Å². The van der Waals surface area contributed by atoms with Crippen molar-refractivity contribution in [2.24, 2.45) is 0 Å². The molecule has 1 aromatic heterocycles.